The van der Waals surface area contributed by atoms with Crippen molar-refractivity contribution in [1.29, 1.82) is 5.26 Å². The van der Waals surface area contributed by atoms with Crippen LogP contribution in [-0.4, -0.2) is 30.8 Å². The minimum Gasteiger partial charge on any atom is -0.444 e. The van der Waals surface area contributed by atoms with Gasteiger partial charge in [0.25, 0.3) is 0 Å². The molecule has 6 heteroatoms. The molecule has 32 heavy (non-hydrogen) atoms. The quantitative estimate of drug-likeness (QED) is 0.655. The third-order valence-electron chi connectivity index (χ3n) is 6.97. The number of ether oxygens (including phenoxy) is 1. The van der Waals surface area contributed by atoms with E-state index in [1.165, 1.54) is 17.2 Å². The van der Waals surface area contributed by atoms with E-state index in [1.54, 1.807) is 0 Å². The van der Waals surface area contributed by atoms with Crippen molar-refractivity contribution >= 4 is 17.4 Å². The van der Waals surface area contributed by atoms with Gasteiger partial charge in [0.2, 0.25) is 0 Å². The highest BCUT2D eigenvalue weighted by molar-refractivity contribution is 5.87. The third-order valence-corrected chi connectivity index (χ3v) is 6.97. The number of anilines is 1. The number of alkyl carbamates (subject to hydrolysis) is 1. The molecular weight excluding hydrogens is 405 g/mol. The number of carbonyl (C=O) groups is 1. The number of nitrogens with zero attached hydrogens (tertiary/aromatic N) is 2. The lowest BCUT2D eigenvalue weighted by Gasteiger charge is -2.37. The summed E-state index contributed by atoms with van der Waals surface area (Å²) < 4.78 is 20.9. The summed E-state index contributed by atoms with van der Waals surface area (Å²) in [5.41, 5.74) is 5.13. The van der Waals surface area contributed by atoms with E-state index >= 15 is 4.39 Å². The number of allylic oxidation sites excluding steroid dienone is 2. The van der Waals surface area contributed by atoms with E-state index in [2.05, 4.69) is 23.2 Å². The van der Waals surface area contributed by atoms with Gasteiger partial charge in [-0.05, 0) is 82.4 Å². The Hall–Kier alpha value is -2.55. The van der Waals surface area contributed by atoms with Crippen LogP contribution in [0.15, 0.2) is 11.6 Å². The molecule has 4 rings (SSSR count). The predicted octanol–water partition coefficient (Wildman–Crippen LogP) is 5.71. The molecule has 1 saturated heterocycles. The number of nitrogens with one attached hydrogen (secondary N) is 1. The second-order valence-corrected chi connectivity index (χ2v) is 10.4. The van der Waals surface area contributed by atoms with Crippen molar-refractivity contribution in [1.82, 2.24) is 5.32 Å². The Labute approximate surface area is 190 Å². The summed E-state index contributed by atoms with van der Waals surface area (Å²) in [6, 6.07) is 3.54. The van der Waals surface area contributed by atoms with E-state index in [4.69, 9.17) is 4.74 Å². The standard InChI is InChI=1S/C26H34FN3O2/c1-5-16-8-9-20-17(11-16)12-21-18(14-28)13-22(27)24(23(20)21)30-10-6-7-19(15-30)29-25(31)32-26(2,3)4/h13,16,19H,5-12,15H2,1-4H3,(H,29,31)/t16?,19-/m0/s1. The molecule has 0 aromatic heterocycles. The van der Waals surface area contributed by atoms with Gasteiger partial charge in [0, 0.05) is 24.7 Å². The van der Waals surface area contributed by atoms with E-state index in [0.717, 1.165) is 62.6 Å². The van der Waals surface area contributed by atoms with Gasteiger partial charge in [-0.3, -0.25) is 0 Å². The SMILES string of the molecule is CCC1CCC2=C(Cc3c(C#N)cc(F)c(N4CCC[C@H](NC(=O)OC(C)(C)C)C4)c32)C1. The van der Waals surface area contributed by atoms with Crippen LogP contribution in [0.25, 0.3) is 5.57 Å². The Balaban J connectivity index is 1.63. The highest BCUT2D eigenvalue weighted by Gasteiger charge is 2.35. The van der Waals surface area contributed by atoms with Crippen LogP contribution in [0, 0.1) is 23.1 Å². The van der Waals surface area contributed by atoms with Crippen LogP contribution in [0.4, 0.5) is 14.9 Å². The lowest BCUT2D eigenvalue weighted by molar-refractivity contribution is 0.0500. The van der Waals surface area contributed by atoms with Crippen LogP contribution in [-0.2, 0) is 11.2 Å². The third kappa shape index (κ3) is 4.48. The summed E-state index contributed by atoms with van der Waals surface area (Å²) in [5, 5.41) is 12.6. The average molecular weight is 440 g/mol. The van der Waals surface area contributed by atoms with Crippen LogP contribution in [0.2, 0.25) is 0 Å². The van der Waals surface area contributed by atoms with Crippen LogP contribution in [0.3, 0.4) is 0 Å². The van der Waals surface area contributed by atoms with Gasteiger partial charge in [-0.1, -0.05) is 18.9 Å². The Morgan fingerprint density at radius 2 is 2.16 bits per heavy atom. The Morgan fingerprint density at radius 3 is 2.84 bits per heavy atom. The summed E-state index contributed by atoms with van der Waals surface area (Å²) >= 11 is 0. The second-order valence-electron chi connectivity index (χ2n) is 10.4. The first-order chi connectivity index (χ1) is 15.2. The first-order valence-electron chi connectivity index (χ1n) is 11.9. The van der Waals surface area contributed by atoms with E-state index in [-0.39, 0.29) is 11.9 Å². The molecular formula is C26H34FN3O2. The largest absolute Gasteiger partial charge is 0.444 e. The summed E-state index contributed by atoms with van der Waals surface area (Å²) in [6.07, 6.45) is 6.31. The van der Waals surface area contributed by atoms with Gasteiger partial charge >= 0.3 is 6.09 Å². The van der Waals surface area contributed by atoms with Gasteiger partial charge in [-0.25, -0.2) is 9.18 Å². The van der Waals surface area contributed by atoms with E-state index in [0.29, 0.717) is 23.7 Å². The molecule has 1 aliphatic heterocycles. The highest BCUT2D eigenvalue weighted by atomic mass is 19.1. The molecule has 0 saturated carbocycles. The number of hydrogen-bond acceptors (Lipinski definition) is 4. The first kappa shape index (κ1) is 22.6. The monoisotopic (exact) mass is 439 g/mol. The van der Waals surface area contributed by atoms with E-state index in [9.17, 15) is 10.1 Å². The van der Waals surface area contributed by atoms with E-state index < -0.39 is 11.7 Å². The molecule has 1 amide bonds. The number of fused-ring (bicyclic) bond motifs is 2. The molecule has 0 bridgehead atoms. The smallest absolute Gasteiger partial charge is 0.407 e. The molecule has 2 atom stereocenters. The zero-order valence-electron chi connectivity index (χ0n) is 19.7. The summed E-state index contributed by atoms with van der Waals surface area (Å²) in [5.74, 6) is 0.351. The molecule has 0 spiro atoms. The van der Waals surface area contributed by atoms with Crippen molar-refractivity contribution in [3.8, 4) is 6.07 Å². The van der Waals surface area contributed by atoms with Gasteiger partial charge in [-0.2, -0.15) is 5.26 Å². The molecule has 1 unspecified atom stereocenters. The summed E-state index contributed by atoms with van der Waals surface area (Å²) in [6.45, 7) is 9.03. The molecule has 1 fully saturated rings. The summed E-state index contributed by atoms with van der Waals surface area (Å²) in [7, 11) is 0. The number of amides is 1. The fraction of sp³-hybridized carbons (Fsp3) is 0.615. The zero-order valence-corrected chi connectivity index (χ0v) is 19.7. The molecule has 3 aliphatic rings. The van der Waals surface area contributed by atoms with Crippen LogP contribution in [0.1, 0.15) is 82.9 Å². The molecule has 5 nitrogen and oxygen atoms in total. The van der Waals surface area contributed by atoms with Gasteiger partial charge in [-0.15, -0.1) is 0 Å². The number of rotatable bonds is 3. The van der Waals surface area contributed by atoms with Crippen molar-refractivity contribution in [2.24, 2.45) is 5.92 Å². The predicted molar refractivity (Wildman–Crippen MR) is 124 cm³/mol. The topological polar surface area (TPSA) is 65.4 Å². The maximum absolute atomic E-state index is 15.5. The highest BCUT2D eigenvalue weighted by Crippen LogP contribution is 2.49. The Morgan fingerprint density at radius 1 is 1.38 bits per heavy atom. The molecule has 0 radical (unpaired) electrons. The number of benzene rings is 1. The lowest BCUT2D eigenvalue weighted by Crippen LogP contribution is -2.49. The maximum atomic E-state index is 15.5. The first-order valence-corrected chi connectivity index (χ1v) is 11.9. The molecule has 1 aromatic rings. The minimum atomic E-state index is -0.557. The van der Waals surface area contributed by atoms with Crippen LogP contribution < -0.4 is 10.2 Å². The normalized spacial score (nSPS) is 22.8. The lowest BCUT2D eigenvalue weighted by atomic mass is 9.82. The Bertz CT molecular complexity index is 986. The maximum Gasteiger partial charge on any atom is 0.407 e. The molecule has 172 valence electrons. The van der Waals surface area contributed by atoms with E-state index in [1.807, 2.05) is 20.8 Å². The van der Waals surface area contributed by atoms with Crippen LogP contribution in [0.5, 0.6) is 0 Å². The zero-order chi connectivity index (χ0) is 23.0. The van der Waals surface area contributed by atoms with Crippen LogP contribution >= 0.6 is 0 Å². The molecule has 1 aromatic carbocycles. The average Bonchev–Trinajstić information content (AvgIpc) is 3.10. The van der Waals surface area contributed by atoms with Crippen molar-refractivity contribution in [2.45, 2.75) is 84.3 Å². The number of nitriles is 1. The van der Waals surface area contributed by atoms with Crippen molar-refractivity contribution in [3.05, 3.63) is 34.1 Å². The summed E-state index contributed by atoms with van der Waals surface area (Å²) in [4.78, 5) is 14.4. The van der Waals surface area contributed by atoms with Gasteiger partial charge in [0.15, 0.2) is 0 Å². The van der Waals surface area contributed by atoms with Crippen molar-refractivity contribution in [3.63, 3.8) is 0 Å². The molecule has 2 aliphatic carbocycles. The Kier molecular flexibility index (Phi) is 6.20. The molecule has 1 N–H and O–H groups in total. The second kappa shape index (κ2) is 8.77. The minimum absolute atomic E-state index is 0.102. The number of carbonyl (C=O) groups excluding carboxylic acids is 1. The van der Waals surface area contributed by atoms with Gasteiger partial charge < -0.3 is 15.0 Å². The molecule has 1 heterocycles. The fourth-order valence-corrected chi connectivity index (χ4v) is 5.51. The van der Waals surface area contributed by atoms with Crippen molar-refractivity contribution < 1.29 is 13.9 Å². The van der Waals surface area contributed by atoms with Gasteiger partial charge in [0.1, 0.15) is 11.4 Å². The number of piperidine rings is 1. The number of halogens is 1. The fourth-order valence-electron chi connectivity index (χ4n) is 5.51. The van der Waals surface area contributed by atoms with Gasteiger partial charge in [0.05, 0.1) is 17.3 Å². The van der Waals surface area contributed by atoms with Crippen molar-refractivity contribution in [2.75, 3.05) is 18.0 Å². The number of hydrogen-bond donors (Lipinski definition) is 1.